The monoisotopic (exact) mass is 1120 g/mol. The topological polar surface area (TPSA) is 440 Å². The van der Waals surface area contributed by atoms with Gasteiger partial charge in [0.25, 0.3) is 0 Å². The van der Waals surface area contributed by atoms with Gasteiger partial charge in [0.2, 0.25) is 6.16 Å². The maximum atomic E-state index is 8.49. The van der Waals surface area contributed by atoms with Crippen LogP contribution in [0.15, 0.2) is 72.8 Å². The molecule has 0 saturated carbocycles. The normalized spacial score (nSPS) is 17.8. The number of nitriles is 1. The molecule has 3 aromatic rings. The van der Waals surface area contributed by atoms with Crippen LogP contribution in [-0.2, 0) is 73.4 Å². The van der Waals surface area contributed by atoms with Crippen molar-refractivity contribution in [2.24, 2.45) is 0 Å². The van der Waals surface area contributed by atoms with Crippen molar-refractivity contribution in [3.63, 3.8) is 0 Å². The van der Waals surface area contributed by atoms with Crippen molar-refractivity contribution in [2.75, 3.05) is 78.5 Å². The summed E-state index contributed by atoms with van der Waals surface area (Å²) in [4.78, 5) is 13.6. The predicted molar refractivity (Wildman–Crippen MR) is 202 cm³/mol. The third-order valence-electron chi connectivity index (χ3n) is 8.58. The summed E-state index contributed by atoms with van der Waals surface area (Å²) in [6, 6.07) is 28.8. The van der Waals surface area contributed by atoms with E-state index in [1.807, 2.05) is 0 Å². The first-order valence-electron chi connectivity index (χ1n) is 19.9. The molecule has 0 unspecified atom stereocenters. The Morgan fingerprint density at radius 3 is 0.735 bits per heavy atom. The van der Waals surface area contributed by atoms with E-state index in [1.54, 1.807) is 6.07 Å². The van der Waals surface area contributed by atoms with E-state index in [9.17, 15) is 0 Å². The Bertz CT molecular complexity index is 1490. The fourth-order valence-corrected chi connectivity index (χ4v) is 6.04. The van der Waals surface area contributed by atoms with E-state index in [0.29, 0.717) is 0 Å². The van der Waals surface area contributed by atoms with Crippen LogP contribution < -0.4 is 92.9 Å². The molecule has 2 radical (unpaired) electrons. The summed E-state index contributed by atoms with van der Waals surface area (Å²) in [6.45, 7) is 18.9. The maximum Gasteiger partial charge on any atom is 2.00 e. The summed E-state index contributed by atoms with van der Waals surface area (Å²) in [5.41, 5.74) is 8.12. The van der Waals surface area contributed by atoms with Gasteiger partial charge in [-0.05, 0) is 33.4 Å². The second-order valence-electron chi connectivity index (χ2n) is 13.8. The van der Waals surface area contributed by atoms with Crippen molar-refractivity contribution >= 4 is 6.16 Å². The van der Waals surface area contributed by atoms with E-state index in [0.717, 1.165) is 118 Å². The second-order valence-corrected chi connectivity index (χ2v) is 16.1. The van der Waals surface area contributed by atoms with Crippen LogP contribution in [0.25, 0.3) is 0 Å². The van der Waals surface area contributed by atoms with E-state index in [2.05, 4.69) is 114 Å². The largest absolute Gasteiger partial charge is 2.00 e. The van der Waals surface area contributed by atoms with E-state index < -0.39 is 36.9 Å². The summed E-state index contributed by atoms with van der Waals surface area (Å²) in [5.74, 6) is 0. The van der Waals surface area contributed by atoms with Gasteiger partial charge in [0.05, 0.1) is 6.07 Å². The number of carbonyl (C=O) groups is 1. The Labute approximate surface area is 423 Å². The average Bonchev–Trinajstić information content (AvgIpc) is 3.19. The molecule has 6 rings (SSSR count). The van der Waals surface area contributed by atoms with Crippen LogP contribution in [0, 0.1) is 42.1 Å². The Balaban J connectivity index is -0.00000147. The van der Waals surface area contributed by atoms with Crippen molar-refractivity contribution in [1.82, 2.24) is 41.7 Å². The third-order valence-corrected chi connectivity index (χ3v) is 8.58. The number of hydrogen-bond acceptors (Lipinski definition) is 23. The number of nitrogens with one attached hydrogen (secondary N) is 6. The van der Waals surface area contributed by atoms with Gasteiger partial charge in [0.1, 0.15) is 0 Å². The fourth-order valence-electron chi connectivity index (χ4n) is 6.04. The molecule has 0 fully saturated rings. The van der Waals surface area contributed by atoms with Crippen molar-refractivity contribution in [3.8, 4) is 6.07 Å². The molecule has 68 heavy (non-hydrogen) atoms. The number of fused-ring (bicyclic) bond motifs is 18. The maximum absolute atomic E-state index is 8.49. The number of hydrogen-bond donors (Lipinski definition) is 7. The molecule has 8 bridgehead atoms. The summed E-state index contributed by atoms with van der Waals surface area (Å²) in [7, 11) is -14.8. The predicted octanol–water partition coefficient (Wildman–Crippen LogP) is -12.6. The van der Waals surface area contributed by atoms with Crippen LogP contribution in [0.2, 0.25) is 0 Å². The number of halogens is 3. The average molecular weight is 1130 g/mol. The Kier molecular flexibility index (Phi) is 42.3. The molecular weight excluding hydrogens is 1070 g/mol. The van der Waals surface area contributed by atoms with Crippen LogP contribution in [0.4, 0.5) is 4.79 Å². The van der Waals surface area contributed by atoms with Gasteiger partial charge in [0, 0.05) is 125 Å². The molecule has 392 valence electrons. The number of rotatable bonds is 0. The quantitative estimate of drug-likeness (QED) is 0.103. The molecule has 3 heterocycles. The van der Waals surface area contributed by atoms with Crippen molar-refractivity contribution in [3.05, 3.63) is 106 Å². The summed E-state index contributed by atoms with van der Waals surface area (Å²) in [6.07, 6.45) is -2.08. The van der Waals surface area contributed by atoms with Gasteiger partial charge in [-0.1, -0.05) is 72.8 Å². The zero-order chi connectivity index (χ0) is 49.9. The molecule has 3 aliphatic heterocycles. The fraction of sp³-hybridized carbons (Fsp3) is 0.487. The molecule has 29 heteroatoms. The summed E-state index contributed by atoms with van der Waals surface area (Å²) in [5, 5.41) is 44.9. The molecule has 0 amide bonds. The molecule has 0 aromatic heterocycles. The van der Waals surface area contributed by atoms with Crippen LogP contribution in [0.5, 0.6) is 0 Å². The van der Waals surface area contributed by atoms with E-state index >= 15 is 0 Å². The first-order chi connectivity index (χ1) is 30.9. The first-order valence-corrected chi connectivity index (χ1v) is 23.6. The van der Waals surface area contributed by atoms with Crippen molar-refractivity contribution < 1.29 is 136 Å². The van der Waals surface area contributed by atoms with Gasteiger partial charge >= 0.3 is 34.1 Å². The minimum Gasteiger partial charge on any atom is -0.565 e. The van der Waals surface area contributed by atoms with Crippen LogP contribution in [0.1, 0.15) is 40.3 Å². The smallest absolute Gasteiger partial charge is 0.565 e. The standard InChI is InChI=1S/C36H54N8.C2H3N.CH2O3.3ClHO4.2Cu/c1-4-31-22-32(5-1)26-38-11-17-44-19-13-40-28-34-7-2-6-33(23-34)27-39-12-18-43(16-10-37-25-31)20-14-41-29-35-8-3-9-36(24-35)30-42-15-21-44;1-2-3;2-1(3)4;3*2-1(3,4)5;;/h1-9,22-24,37-42H,10-21,25-30H2;1H3;(H2,2,3,4);3*(H,2,3,4,5);;/q;;;;;;2*+2/p-4. The number of carboxylic acid groups (broad SMARTS) is 2. The van der Waals surface area contributed by atoms with Gasteiger partial charge in [-0.3, -0.25) is 9.80 Å². The van der Waals surface area contributed by atoms with Gasteiger partial charge in [0.15, 0.2) is 0 Å². The Morgan fingerprint density at radius 2 is 0.603 bits per heavy atom. The van der Waals surface area contributed by atoms with Crippen molar-refractivity contribution in [2.45, 2.75) is 46.2 Å². The zero-order valence-corrected chi connectivity index (χ0v) is 41.0. The van der Waals surface area contributed by atoms with Gasteiger partial charge in [-0.2, -0.15) is 5.26 Å². The molecule has 3 aliphatic rings. The number of nitrogens with zero attached hydrogens (tertiary/aromatic N) is 3. The minimum absolute atomic E-state index is 0. The molecule has 0 saturated heterocycles. The van der Waals surface area contributed by atoms with Crippen LogP contribution in [-0.4, -0.2) is 99.6 Å². The first kappa shape index (κ1) is 69.8. The molecule has 3 aromatic carbocycles. The molecule has 0 aliphatic carbocycles. The SMILES string of the molecule is CC#N.O=C([O-])O.[Cu+2].[Cu+2].[O-][Cl+3]([O-])([O-])[O-].[O-][Cl+3]([O-])([O-])[O-].[O-][Cl+3]([O-])([O-])[O-].c1cc2cc(c1)CNCCN1CCNCc3cccc(c3)CNCCN(CCNC2)CCNCc2cccc(c2)CNCC1. The molecular formula is C39H58Cl3Cu2N9O15. The van der Waals surface area contributed by atoms with Crippen molar-refractivity contribution in [1.29, 1.82) is 5.26 Å². The Morgan fingerprint density at radius 1 is 0.471 bits per heavy atom. The number of benzene rings is 3. The molecule has 0 atom stereocenters. The summed E-state index contributed by atoms with van der Waals surface area (Å²) >= 11 is 0. The van der Waals surface area contributed by atoms with Crippen LogP contribution in [0.3, 0.4) is 0 Å². The van der Waals surface area contributed by atoms with Gasteiger partial charge < -0.3 is 46.9 Å². The van der Waals surface area contributed by atoms with E-state index in [-0.39, 0.29) is 34.1 Å². The zero-order valence-electron chi connectivity index (χ0n) is 36.9. The van der Waals surface area contributed by atoms with E-state index in [4.69, 9.17) is 76.2 Å². The van der Waals surface area contributed by atoms with Gasteiger partial charge in [-0.25, -0.2) is 55.9 Å². The van der Waals surface area contributed by atoms with E-state index in [1.165, 1.54) is 40.3 Å². The minimum atomic E-state index is -4.94. The van der Waals surface area contributed by atoms with Crippen LogP contribution >= 0.6 is 0 Å². The summed E-state index contributed by atoms with van der Waals surface area (Å²) < 4.78 is 102. The third kappa shape index (κ3) is 51.4. The molecule has 24 nitrogen and oxygen atoms in total. The van der Waals surface area contributed by atoms with Gasteiger partial charge in [-0.15, -0.1) is 30.7 Å². The second kappa shape index (κ2) is 41.2. The molecule has 7 N–H and O–H groups in total. The molecule has 0 spiro atoms. The Hall–Kier alpha value is -2.47.